The molecule has 0 atom stereocenters. The van der Waals surface area contributed by atoms with Gasteiger partial charge in [-0.1, -0.05) is 24.3 Å². The largest absolute Gasteiger partial charge is 0.495 e. The van der Waals surface area contributed by atoms with Gasteiger partial charge in [0.2, 0.25) is 5.91 Å². The Labute approximate surface area is 171 Å². The highest BCUT2D eigenvalue weighted by molar-refractivity contribution is 7.92. The van der Waals surface area contributed by atoms with Crippen molar-refractivity contribution in [1.82, 2.24) is 5.32 Å². The number of hydrogen-bond donors (Lipinski definition) is 2. The SMILES string of the molecule is CCOCCCNC(=O)/C=C/c1ccc(S(=O)(=O)Nc2ccccc2OC)cc1. The number of amides is 1. The summed E-state index contributed by atoms with van der Waals surface area (Å²) < 4.78 is 38.0. The summed E-state index contributed by atoms with van der Waals surface area (Å²) in [5, 5.41) is 2.76. The predicted octanol–water partition coefficient (Wildman–Crippen LogP) is 3.05. The molecule has 0 aliphatic heterocycles. The summed E-state index contributed by atoms with van der Waals surface area (Å²) in [6.45, 7) is 3.73. The zero-order valence-corrected chi connectivity index (χ0v) is 17.4. The molecule has 0 fully saturated rings. The number of methoxy groups -OCH3 is 1. The van der Waals surface area contributed by atoms with Crippen LogP contribution in [0, 0.1) is 0 Å². The summed E-state index contributed by atoms with van der Waals surface area (Å²) in [7, 11) is -2.28. The molecule has 0 radical (unpaired) electrons. The van der Waals surface area contributed by atoms with E-state index in [-0.39, 0.29) is 10.8 Å². The maximum Gasteiger partial charge on any atom is 0.262 e. The average molecular weight is 419 g/mol. The van der Waals surface area contributed by atoms with Crippen molar-refractivity contribution in [3.8, 4) is 5.75 Å². The zero-order valence-electron chi connectivity index (χ0n) is 16.6. The van der Waals surface area contributed by atoms with Gasteiger partial charge in [0.15, 0.2) is 0 Å². The predicted molar refractivity (Wildman–Crippen MR) is 113 cm³/mol. The fraction of sp³-hybridized carbons (Fsp3) is 0.286. The van der Waals surface area contributed by atoms with Crippen LogP contribution in [-0.4, -0.2) is 41.2 Å². The minimum atomic E-state index is -3.76. The minimum absolute atomic E-state index is 0.112. The maximum atomic E-state index is 12.6. The summed E-state index contributed by atoms with van der Waals surface area (Å²) in [5.41, 5.74) is 1.07. The highest BCUT2D eigenvalue weighted by Crippen LogP contribution is 2.26. The third kappa shape index (κ3) is 7.24. The number of ether oxygens (including phenoxy) is 2. The number of anilines is 1. The van der Waals surface area contributed by atoms with Crippen LogP contribution in [0.3, 0.4) is 0 Å². The number of para-hydroxylation sites is 2. The Morgan fingerprint density at radius 2 is 1.83 bits per heavy atom. The Balaban J connectivity index is 1.95. The highest BCUT2D eigenvalue weighted by Gasteiger charge is 2.16. The zero-order chi connectivity index (χ0) is 21.1. The number of rotatable bonds is 11. The van der Waals surface area contributed by atoms with Crippen LogP contribution in [0.2, 0.25) is 0 Å². The van der Waals surface area contributed by atoms with Gasteiger partial charge in [-0.25, -0.2) is 8.42 Å². The molecule has 1 amide bonds. The standard InChI is InChI=1S/C21H26N2O5S/c1-3-28-16-6-15-22-21(24)14-11-17-9-12-18(13-10-17)29(25,26)23-19-7-4-5-8-20(19)27-2/h4-5,7-14,23H,3,6,15-16H2,1-2H3,(H,22,24)/b14-11+. The lowest BCUT2D eigenvalue weighted by atomic mass is 10.2. The van der Waals surface area contributed by atoms with Crippen LogP contribution < -0.4 is 14.8 Å². The van der Waals surface area contributed by atoms with E-state index in [9.17, 15) is 13.2 Å². The Kier molecular flexibility index (Phi) is 8.69. The summed E-state index contributed by atoms with van der Waals surface area (Å²) >= 11 is 0. The molecule has 0 aromatic heterocycles. The second-order valence-corrected chi connectivity index (χ2v) is 7.73. The summed E-state index contributed by atoms with van der Waals surface area (Å²) in [5.74, 6) is 0.221. The van der Waals surface area contributed by atoms with Crippen LogP contribution >= 0.6 is 0 Å². The number of carbonyl (C=O) groups excluding carboxylic acids is 1. The van der Waals surface area contributed by atoms with Crippen molar-refractivity contribution in [2.24, 2.45) is 0 Å². The molecule has 0 unspecified atom stereocenters. The third-order valence-corrected chi connectivity index (χ3v) is 5.32. The number of carbonyl (C=O) groups is 1. The lowest BCUT2D eigenvalue weighted by Crippen LogP contribution is -2.23. The van der Waals surface area contributed by atoms with Gasteiger partial charge in [-0.2, -0.15) is 0 Å². The van der Waals surface area contributed by atoms with E-state index in [1.807, 2.05) is 6.92 Å². The first-order chi connectivity index (χ1) is 14.0. The smallest absolute Gasteiger partial charge is 0.262 e. The monoisotopic (exact) mass is 418 g/mol. The van der Waals surface area contributed by atoms with Gasteiger partial charge >= 0.3 is 0 Å². The third-order valence-electron chi connectivity index (χ3n) is 3.94. The van der Waals surface area contributed by atoms with Crippen LogP contribution in [0.15, 0.2) is 59.5 Å². The highest BCUT2D eigenvalue weighted by atomic mass is 32.2. The molecule has 0 saturated heterocycles. The van der Waals surface area contributed by atoms with Crippen molar-refractivity contribution in [2.45, 2.75) is 18.2 Å². The molecule has 0 saturated carbocycles. The lowest BCUT2D eigenvalue weighted by Gasteiger charge is -2.11. The molecular weight excluding hydrogens is 392 g/mol. The van der Waals surface area contributed by atoms with Gasteiger partial charge in [0.1, 0.15) is 5.75 Å². The molecule has 29 heavy (non-hydrogen) atoms. The average Bonchev–Trinajstić information content (AvgIpc) is 2.72. The van der Waals surface area contributed by atoms with Gasteiger partial charge < -0.3 is 14.8 Å². The van der Waals surface area contributed by atoms with E-state index < -0.39 is 10.0 Å². The number of benzene rings is 2. The molecule has 2 rings (SSSR count). The molecule has 156 valence electrons. The second-order valence-electron chi connectivity index (χ2n) is 6.05. The van der Waals surface area contributed by atoms with Crippen molar-refractivity contribution in [2.75, 3.05) is 31.6 Å². The Bertz CT molecular complexity index is 924. The first-order valence-electron chi connectivity index (χ1n) is 9.26. The van der Waals surface area contributed by atoms with E-state index in [1.165, 1.54) is 25.3 Å². The number of sulfonamides is 1. The molecular formula is C21H26N2O5S. The Morgan fingerprint density at radius 3 is 2.52 bits per heavy atom. The summed E-state index contributed by atoms with van der Waals surface area (Å²) in [6, 6.07) is 13.0. The Morgan fingerprint density at radius 1 is 1.10 bits per heavy atom. The minimum Gasteiger partial charge on any atom is -0.495 e. The van der Waals surface area contributed by atoms with E-state index in [0.717, 1.165) is 6.42 Å². The van der Waals surface area contributed by atoms with Crippen molar-refractivity contribution < 1.29 is 22.7 Å². The molecule has 0 heterocycles. The normalized spacial score (nSPS) is 11.4. The van der Waals surface area contributed by atoms with Crippen molar-refractivity contribution in [1.29, 1.82) is 0 Å². The molecule has 7 nitrogen and oxygen atoms in total. The van der Waals surface area contributed by atoms with Gasteiger partial charge in [0.05, 0.1) is 17.7 Å². The van der Waals surface area contributed by atoms with Gasteiger partial charge in [-0.05, 0) is 49.2 Å². The van der Waals surface area contributed by atoms with Gasteiger partial charge in [0, 0.05) is 25.8 Å². The fourth-order valence-electron chi connectivity index (χ4n) is 2.45. The van der Waals surface area contributed by atoms with Crippen LogP contribution in [0.1, 0.15) is 18.9 Å². The van der Waals surface area contributed by atoms with Gasteiger partial charge in [-0.15, -0.1) is 0 Å². The molecule has 8 heteroatoms. The van der Waals surface area contributed by atoms with E-state index >= 15 is 0 Å². The van der Waals surface area contributed by atoms with Gasteiger partial charge in [0.25, 0.3) is 10.0 Å². The number of nitrogens with one attached hydrogen (secondary N) is 2. The number of hydrogen-bond acceptors (Lipinski definition) is 5. The van der Waals surface area contributed by atoms with E-state index in [0.29, 0.717) is 36.8 Å². The summed E-state index contributed by atoms with van der Waals surface area (Å²) in [6.07, 6.45) is 3.79. The molecule has 2 aromatic rings. The molecule has 2 N–H and O–H groups in total. The molecule has 2 aromatic carbocycles. The van der Waals surface area contributed by atoms with Crippen molar-refractivity contribution >= 4 is 27.7 Å². The van der Waals surface area contributed by atoms with E-state index in [4.69, 9.17) is 9.47 Å². The summed E-state index contributed by atoms with van der Waals surface area (Å²) in [4.78, 5) is 11.9. The molecule has 0 bridgehead atoms. The lowest BCUT2D eigenvalue weighted by molar-refractivity contribution is -0.116. The molecule has 0 aliphatic rings. The quantitative estimate of drug-likeness (QED) is 0.432. The van der Waals surface area contributed by atoms with Crippen LogP contribution in [-0.2, 0) is 19.6 Å². The molecule has 0 spiro atoms. The Hall–Kier alpha value is -2.84. The topological polar surface area (TPSA) is 93.7 Å². The van der Waals surface area contributed by atoms with Crippen LogP contribution in [0.25, 0.3) is 6.08 Å². The molecule has 0 aliphatic carbocycles. The fourth-order valence-corrected chi connectivity index (χ4v) is 3.52. The van der Waals surface area contributed by atoms with Crippen molar-refractivity contribution in [3.05, 3.63) is 60.2 Å². The van der Waals surface area contributed by atoms with Crippen molar-refractivity contribution in [3.63, 3.8) is 0 Å². The van der Waals surface area contributed by atoms with E-state index in [1.54, 1.807) is 42.5 Å². The van der Waals surface area contributed by atoms with E-state index in [2.05, 4.69) is 10.0 Å². The second kappa shape index (κ2) is 11.2. The van der Waals surface area contributed by atoms with Crippen LogP contribution in [0.5, 0.6) is 5.75 Å². The maximum absolute atomic E-state index is 12.6. The first-order valence-corrected chi connectivity index (χ1v) is 10.7. The van der Waals surface area contributed by atoms with Crippen LogP contribution in [0.4, 0.5) is 5.69 Å². The first kappa shape index (κ1) is 22.4. The van der Waals surface area contributed by atoms with Gasteiger partial charge in [-0.3, -0.25) is 9.52 Å².